The van der Waals surface area contributed by atoms with Crippen LogP contribution in [0.25, 0.3) is 0 Å². The lowest BCUT2D eigenvalue weighted by molar-refractivity contribution is -0.142. The van der Waals surface area contributed by atoms with E-state index in [1.54, 1.807) is 13.8 Å². The second-order valence-corrected chi connectivity index (χ2v) is 1.78. The molecular formula is C5H8O3. The number of esters is 1. The van der Waals surface area contributed by atoms with Crippen LogP contribution in [-0.4, -0.2) is 18.4 Å². The monoisotopic (exact) mass is 116 g/mol. The van der Waals surface area contributed by atoms with E-state index in [4.69, 9.17) is 4.74 Å². The molecule has 0 aromatic rings. The molecule has 1 aliphatic rings. The van der Waals surface area contributed by atoms with E-state index in [-0.39, 0.29) is 18.4 Å². The summed E-state index contributed by atoms with van der Waals surface area (Å²) >= 11 is 0. The smallest absolute Gasteiger partial charge is 0.337 e. The Balaban J connectivity index is 2.51. The lowest BCUT2D eigenvalue weighted by Gasteiger charge is -1.96. The Hall–Kier alpha value is -0.570. The molecule has 1 saturated heterocycles. The molecule has 2 atom stereocenters. The van der Waals surface area contributed by atoms with Gasteiger partial charge in [-0.25, -0.2) is 4.79 Å². The second kappa shape index (κ2) is 1.74. The molecule has 1 fully saturated rings. The van der Waals surface area contributed by atoms with Crippen molar-refractivity contribution < 1.29 is 14.3 Å². The minimum absolute atomic E-state index is 0.266. The average molecular weight is 116 g/mol. The van der Waals surface area contributed by atoms with Crippen LogP contribution in [0.2, 0.25) is 0 Å². The largest absolute Gasteiger partial charge is 0.434 e. The molecule has 3 heteroatoms. The van der Waals surface area contributed by atoms with Gasteiger partial charge < -0.3 is 9.47 Å². The maximum atomic E-state index is 10.4. The molecule has 0 aromatic carbocycles. The van der Waals surface area contributed by atoms with Crippen molar-refractivity contribution in [1.82, 2.24) is 0 Å². The van der Waals surface area contributed by atoms with Crippen molar-refractivity contribution in [3.63, 3.8) is 0 Å². The number of carbonyl (C=O) groups excluding carboxylic acids is 1. The molecule has 0 amide bonds. The maximum absolute atomic E-state index is 10.4. The van der Waals surface area contributed by atoms with Crippen LogP contribution in [0.5, 0.6) is 0 Å². The van der Waals surface area contributed by atoms with Crippen molar-refractivity contribution in [1.29, 1.82) is 0 Å². The summed E-state index contributed by atoms with van der Waals surface area (Å²) in [5.41, 5.74) is 0. The van der Waals surface area contributed by atoms with Gasteiger partial charge in [-0.2, -0.15) is 0 Å². The van der Waals surface area contributed by atoms with E-state index in [9.17, 15) is 4.79 Å². The van der Waals surface area contributed by atoms with Gasteiger partial charge in [0, 0.05) is 0 Å². The molecule has 0 aliphatic carbocycles. The van der Waals surface area contributed by atoms with E-state index < -0.39 is 0 Å². The molecule has 3 nitrogen and oxygen atoms in total. The van der Waals surface area contributed by atoms with Crippen LogP contribution in [0.3, 0.4) is 0 Å². The van der Waals surface area contributed by atoms with Gasteiger partial charge in [0.25, 0.3) is 0 Å². The summed E-state index contributed by atoms with van der Waals surface area (Å²) in [5.74, 6) is -0.266. The van der Waals surface area contributed by atoms with E-state index in [1.165, 1.54) is 0 Å². The highest BCUT2D eigenvalue weighted by Crippen LogP contribution is 2.10. The van der Waals surface area contributed by atoms with Crippen LogP contribution in [0, 0.1) is 0 Å². The highest BCUT2D eigenvalue weighted by Gasteiger charge is 2.27. The Labute approximate surface area is 47.6 Å². The van der Waals surface area contributed by atoms with Gasteiger partial charge in [0.05, 0.1) is 0 Å². The third kappa shape index (κ3) is 0.816. The number of rotatable bonds is 0. The summed E-state index contributed by atoms with van der Waals surface area (Å²) in [5, 5.41) is 0. The third-order valence-corrected chi connectivity index (χ3v) is 1.01. The predicted octanol–water partition coefficient (Wildman–Crippen LogP) is 0.294. The molecule has 0 bridgehead atoms. The molecule has 0 saturated carbocycles. The summed E-state index contributed by atoms with van der Waals surface area (Å²) < 4.78 is 9.51. The number of cyclic esters (lactones) is 1. The van der Waals surface area contributed by atoms with Crippen molar-refractivity contribution in [2.24, 2.45) is 0 Å². The Morgan fingerprint density at radius 1 is 1.50 bits per heavy atom. The van der Waals surface area contributed by atoms with Gasteiger partial charge in [0.1, 0.15) is 0 Å². The Kier molecular flexibility index (Phi) is 1.21. The van der Waals surface area contributed by atoms with Crippen LogP contribution < -0.4 is 0 Å². The summed E-state index contributed by atoms with van der Waals surface area (Å²) in [7, 11) is 0. The van der Waals surface area contributed by atoms with Crippen LogP contribution in [-0.2, 0) is 14.3 Å². The Bertz CT molecular complexity index is 110. The van der Waals surface area contributed by atoms with Crippen LogP contribution >= 0.6 is 0 Å². The van der Waals surface area contributed by atoms with Crippen LogP contribution in [0.4, 0.5) is 0 Å². The lowest BCUT2D eigenvalue weighted by atomic mass is 10.4. The van der Waals surface area contributed by atoms with Gasteiger partial charge in [-0.1, -0.05) is 0 Å². The van der Waals surface area contributed by atoms with Crippen LogP contribution in [0.15, 0.2) is 0 Å². The Morgan fingerprint density at radius 3 is 2.25 bits per heavy atom. The first-order valence-electron chi connectivity index (χ1n) is 2.56. The highest BCUT2D eigenvalue weighted by molar-refractivity contribution is 5.75. The quantitative estimate of drug-likeness (QED) is 0.427. The highest BCUT2D eigenvalue weighted by atomic mass is 16.7. The number of ether oxygens (including phenoxy) is 2. The standard InChI is InChI=1S/C5H8O3/c1-3-5(6)8-4(2)7-3/h3-4H,1-2H3/t3-,4-/m1/s1. The maximum Gasteiger partial charge on any atom is 0.337 e. The fourth-order valence-electron chi connectivity index (χ4n) is 0.630. The first-order valence-corrected chi connectivity index (χ1v) is 2.56. The first-order chi connectivity index (χ1) is 3.70. The first kappa shape index (κ1) is 5.56. The van der Waals surface area contributed by atoms with E-state index in [2.05, 4.69) is 4.74 Å². The SMILES string of the molecule is C[C@H]1OC(=O)[C@@H](C)O1. The predicted molar refractivity (Wildman–Crippen MR) is 26.1 cm³/mol. The van der Waals surface area contributed by atoms with E-state index in [0.717, 1.165) is 0 Å². The minimum Gasteiger partial charge on any atom is -0.434 e. The topological polar surface area (TPSA) is 35.5 Å². The van der Waals surface area contributed by atoms with Gasteiger partial charge in [-0.3, -0.25) is 0 Å². The zero-order valence-corrected chi connectivity index (χ0v) is 4.88. The number of hydrogen-bond acceptors (Lipinski definition) is 3. The molecule has 0 aromatic heterocycles. The molecule has 0 unspecified atom stereocenters. The molecule has 0 radical (unpaired) electrons. The van der Waals surface area contributed by atoms with Crippen molar-refractivity contribution in [2.45, 2.75) is 26.2 Å². The Morgan fingerprint density at radius 2 is 2.12 bits per heavy atom. The molecule has 1 aliphatic heterocycles. The van der Waals surface area contributed by atoms with Crippen molar-refractivity contribution >= 4 is 5.97 Å². The second-order valence-electron chi connectivity index (χ2n) is 1.78. The summed E-state index contributed by atoms with van der Waals surface area (Å²) in [6.45, 7) is 3.37. The van der Waals surface area contributed by atoms with Gasteiger partial charge in [-0.15, -0.1) is 0 Å². The lowest BCUT2D eigenvalue weighted by Crippen LogP contribution is -2.09. The summed E-state index contributed by atoms with van der Waals surface area (Å²) in [4.78, 5) is 10.4. The minimum atomic E-state index is -0.370. The fraction of sp³-hybridized carbons (Fsp3) is 0.800. The third-order valence-electron chi connectivity index (χ3n) is 1.01. The number of carbonyl (C=O) groups is 1. The van der Waals surface area contributed by atoms with Crippen LogP contribution in [0.1, 0.15) is 13.8 Å². The molecule has 1 rings (SSSR count). The van der Waals surface area contributed by atoms with Gasteiger partial charge in [-0.05, 0) is 13.8 Å². The van der Waals surface area contributed by atoms with Gasteiger partial charge in [0.15, 0.2) is 6.10 Å². The zero-order chi connectivity index (χ0) is 6.15. The normalized spacial score (nSPS) is 37.5. The zero-order valence-electron chi connectivity index (χ0n) is 4.88. The molecule has 0 spiro atoms. The van der Waals surface area contributed by atoms with Gasteiger partial charge in [0.2, 0.25) is 6.29 Å². The van der Waals surface area contributed by atoms with E-state index >= 15 is 0 Å². The molecule has 1 heterocycles. The summed E-state index contributed by atoms with van der Waals surface area (Å²) in [6, 6.07) is 0. The van der Waals surface area contributed by atoms with Gasteiger partial charge >= 0.3 is 5.97 Å². The van der Waals surface area contributed by atoms with Crippen molar-refractivity contribution in [2.75, 3.05) is 0 Å². The summed E-state index contributed by atoms with van der Waals surface area (Å²) in [6.07, 6.45) is -0.720. The molecular weight excluding hydrogens is 108 g/mol. The average Bonchev–Trinajstić information content (AvgIpc) is 1.85. The molecule has 46 valence electrons. The van der Waals surface area contributed by atoms with Crippen molar-refractivity contribution in [3.05, 3.63) is 0 Å². The molecule has 0 N–H and O–H groups in total. The fourth-order valence-corrected chi connectivity index (χ4v) is 0.630. The van der Waals surface area contributed by atoms with E-state index in [1.807, 2.05) is 0 Å². The number of hydrogen-bond donors (Lipinski definition) is 0. The molecule has 8 heavy (non-hydrogen) atoms. The van der Waals surface area contributed by atoms with Crippen molar-refractivity contribution in [3.8, 4) is 0 Å². The van der Waals surface area contributed by atoms with E-state index in [0.29, 0.717) is 0 Å².